The maximum atomic E-state index is 2.56. The highest BCUT2D eigenvalue weighted by Gasteiger charge is 2.16. The summed E-state index contributed by atoms with van der Waals surface area (Å²) in [6, 6.07) is 0. The zero-order valence-corrected chi connectivity index (χ0v) is 9.84. The fourth-order valence-corrected chi connectivity index (χ4v) is 5.61. The van der Waals surface area contributed by atoms with Crippen LogP contribution in [0.3, 0.4) is 0 Å². The van der Waals surface area contributed by atoms with Crippen LogP contribution in [0.1, 0.15) is 32.1 Å². The molecule has 1 rings (SSSR count). The van der Waals surface area contributed by atoms with Crippen LogP contribution in [0.4, 0.5) is 0 Å². The molecule has 1 saturated carbocycles. The van der Waals surface area contributed by atoms with E-state index in [0.29, 0.717) is 0 Å². The third-order valence-corrected chi connectivity index (χ3v) is 7.97. The van der Waals surface area contributed by atoms with Crippen LogP contribution in [0.2, 0.25) is 12.1 Å². The molecule has 0 N–H and O–H groups in total. The van der Waals surface area contributed by atoms with Crippen molar-refractivity contribution in [2.75, 3.05) is 0 Å². The largest absolute Gasteiger partial charge is 0.0744 e. The highest BCUT2D eigenvalue weighted by molar-refractivity contribution is 7.03. The lowest BCUT2D eigenvalue weighted by molar-refractivity contribution is 0.500. The van der Waals surface area contributed by atoms with Gasteiger partial charge in [-0.1, -0.05) is 44.2 Å². The standard InChI is InChI=1S/C7H18Si2/c1-9(8)7-5-3-2-4-6-7/h7,9H,2-6H2,1,8H3. The molecule has 0 heterocycles. The third kappa shape index (κ3) is 2.26. The summed E-state index contributed by atoms with van der Waals surface area (Å²) in [5.74, 6) is 0. The predicted octanol–water partition coefficient (Wildman–Crippen LogP) is 1.04. The smallest absolute Gasteiger partial charge is 0.0205 e. The molecule has 2 heteroatoms. The van der Waals surface area contributed by atoms with Gasteiger partial charge in [0.15, 0.2) is 0 Å². The molecule has 0 aromatic carbocycles. The Kier molecular flexibility index (Phi) is 2.99. The number of rotatable bonds is 1. The van der Waals surface area contributed by atoms with Gasteiger partial charge in [-0.2, -0.15) is 0 Å². The van der Waals surface area contributed by atoms with Gasteiger partial charge in [0.25, 0.3) is 0 Å². The van der Waals surface area contributed by atoms with Crippen molar-refractivity contribution in [2.45, 2.75) is 44.2 Å². The maximum absolute atomic E-state index is 2.56. The van der Waals surface area contributed by atoms with Crippen molar-refractivity contribution < 1.29 is 0 Å². The first-order valence-corrected chi connectivity index (χ1v) is 10.7. The van der Waals surface area contributed by atoms with Gasteiger partial charge in [0.05, 0.1) is 0 Å². The molecule has 1 aliphatic carbocycles. The highest BCUT2D eigenvalue weighted by Crippen LogP contribution is 2.29. The molecule has 0 aromatic rings. The summed E-state index contributed by atoms with van der Waals surface area (Å²) in [6.45, 7) is 2.56. The first kappa shape index (κ1) is 7.54. The Hall–Kier alpha value is 0.434. The Morgan fingerprint density at radius 2 is 1.78 bits per heavy atom. The zero-order valence-electron chi connectivity index (χ0n) is 6.69. The van der Waals surface area contributed by atoms with Gasteiger partial charge >= 0.3 is 0 Å². The molecule has 1 aliphatic rings. The highest BCUT2D eigenvalue weighted by atomic mass is 29.1. The fraction of sp³-hybridized carbons (Fsp3) is 1.00. The second kappa shape index (κ2) is 3.57. The van der Waals surface area contributed by atoms with E-state index >= 15 is 0 Å². The Balaban J connectivity index is 2.23. The van der Waals surface area contributed by atoms with Crippen LogP contribution in [0.15, 0.2) is 0 Å². The van der Waals surface area contributed by atoms with Crippen molar-refractivity contribution in [1.29, 1.82) is 0 Å². The predicted molar refractivity (Wildman–Crippen MR) is 49.8 cm³/mol. The molecule has 0 aliphatic heterocycles. The van der Waals surface area contributed by atoms with Crippen LogP contribution in [-0.4, -0.2) is 18.1 Å². The van der Waals surface area contributed by atoms with Gasteiger partial charge in [-0.3, -0.25) is 0 Å². The monoisotopic (exact) mass is 158 g/mol. The van der Waals surface area contributed by atoms with Gasteiger partial charge in [-0.05, 0) is 9.76 Å². The molecule has 0 nitrogen and oxygen atoms in total. The summed E-state index contributed by atoms with van der Waals surface area (Å²) < 4.78 is 0. The summed E-state index contributed by atoms with van der Waals surface area (Å²) in [6.07, 6.45) is 7.81. The SMILES string of the molecule is C[SiH]([SiH3])C1CCCCC1. The average Bonchev–Trinajstić information content (AvgIpc) is 1.90. The molecule has 0 bridgehead atoms. The first-order chi connectivity index (χ1) is 4.30. The minimum absolute atomic E-state index is 0.113. The van der Waals surface area contributed by atoms with Crippen molar-refractivity contribution in [3.8, 4) is 0 Å². The molecule has 0 spiro atoms. The van der Waals surface area contributed by atoms with E-state index in [9.17, 15) is 0 Å². The lowest BCUT2D eigenvalue weighted by atomic mass is 10.0. The van der Waals surface area contributed by atoms with Gasteiger partial charge in [-0.25, -0.2) is 0 Å². The Labute approximate surface area is 62.9 Å². The molecule has 0 radical (unpaired) electrons. The van der Waals surface area contributed by atoms with Crippen molar-refractivity contribution >= 4 is 18.1 Å². The van der Waals surface area contributed by atoms with Crippen molar-refractivity contribution in [3.63, 3.8) is 0 Å². The lowest BCUT2D eigenvalue weighted by Gasteiger charge is -2.23. The Morgan fingerprint density at radius 3 is 2.11 bits per heavy atom. The Morgan fingerprint density at radius 1 is 1.22 bits per heavy atom. The number of hydrogen-bond acceptors (Lipinski definition) is 0. The van der Waals surface area contributed by atoms with Crippen LogP contribution < -0.4 is 0 Å². The summed E-state index contributed by atoms with van der Waals surface area (Å²) in [4.78, 5) is 0. The van der Waals surface area contributed by atoms with Crippen LogP contribution in [0.25, 0.3) is 0 Å². The van der Waals surface area contributed by atoms with Crippen molar-refractivity contribution in [2.24, 2.45) is 0 Å². The van der Waals surface area contributed by atoms with E-state index in [0.717, 1.165) is 0 Å². The summed E-state index contributed by atoms with van der Waals surface area (Å²) >= 11 is 0. The Bertz CT molecular complexity index is 75.0. The molecule has 54 valence electrons. The van der Waals surface area contributed by atoms with Crippen LogP contribution in [0, 0.1) is 0 Å². The molecule has 1 atom stereocenters. The second-order valence-electron chi connectivity index (χ2n) is 3.64. The maximum Gasteiger partial charge on any atom is 0.0205 e. The van der Waals surface area contributed by atoms with Gasteiger partial charge in [-0.15, -0.1) is 0 Å². The molecule has 0 aromatic heterocycles. The zero-order chi connectivity index (χ0) is 6.69. The summed E-state index contributed by atoms with van der Waals surface area (Å²) in [5.41, 5.74) is 1.26. The van der Waals surface area contributed by atoms with E-state index in [1.165, 1.54) is 12.0 Å². The van der Waals surface area contributed by atoms with Crippen molar-refractivity contribution in [3.05, 3.63) is 0 Å². The first-order valence-electron chi connectivity index (χ1n) is 4.30. The third-order valence-electron chi connectivity index (χ3n) is 2.59. The van der Waals surface area contributed by atoms with Gasteiger partial charge < -0.3 is 0 Å². The van der Waals surface area contributed by atoms with Crippen LogP contribution in [-0.2, 0) is 0 Å². The van der Waals surface area contributed by atoms with Gasteiger partial charge in [0, 0.05) is 8.31 Å². The molecular formula is C7H18Si2. The van der Waals surface area contributed by atoms with E-state index in [2.05, 4.69) is 6.55 Å². The van der Waals surface area contributed by atoms with E-state index in [1.54, 1.807) is 35.4 Å². The van der Waals surface area contributed by atoms with E-state index < -0.39 is 0 Å². The quantitative estimate of drug-likeness (QED) is 0.500. The number of hydrogen-bond donors (Lipinski definition) is 0. The second-order valence-corrected chi connectivity index (χ2v) is 12.5. The molecule has 0 saturated heterocycles. The molecule has 1 unspecified atom stereocenters. The molecule has 0 amide bonds. The molecule has 9 heavy (non-hydrogen) atoms. The lowest BCUT2D eigenvalue weighted by Crippen LogP contribution is -2.19. The minimum atomic E-state index is -0.113. The average molecular weight is 158 g/mol. The normalized spacial score (nSPS) is 26.3. The minimum Gasteiger partial charge on any atom is -0.0744 e. The van der Waals surface area contributed by atoms with Gasteiger partial charge in [0.1, 0.15) is 0 Å². The van der Waals surface area contributed by atoms with Crippen LogP contribution >= 0.6 is 0 Å². The summed E-state index contributed by atoms with van der Waals surface area (Å²) in [7, 11) is 1.44. The summed E-state index contributed by atoms with van der Waals surface area (Å²) in [5, 5.41) is 0. The van der Waals surface area contributed by atoms with E-state index in [1.807, 2.05) is 0 Å². The van der Waals surface area contributed by atoms with Crippen molar-refractivity contribution in [1.82, 2.24) is 0 Å². The fourth-order valence-electron chi connectivity index (χ4n) is 1.80. The van der Waals surface area contributed by atoms with E-state index in [-0.39, 0.29) is 8.31 Å². The topological polar surface area (TPSA) is 0 Å². The van der Waals surface area contributed by atoms with E-state index in [4.69, 9.17) is 0 Å². The van der Waals surface area contributed by atoms with Gasteiger partial charge in [0.2, 0.25) is 0 Å². The van der Waals surface area contributed by atoms with Crippen LogP contribution in [0.5, 0.6) is 0 Å². The molecular weight excluding hydrogens is 140 g/mol. The molecule has 1 fully saturated rings.